The monoisotopic (exact) mass is 482 g/mol. The zero-order chi connectivity index (χ0) is 24.7. The summed E-state index contributed by atoms with van der Waals surface area (Å²) in [4.78, 5) is 35.5. The Balaban J connectivity index is 1.18. The van der Waals surface area contributed by atoms with Gasteiger partial charge in [-0.2, -0.15) is 0 Å². The van der Waals surface area contributed by atoms with E-state index in [1.807, 2.05) is 34.1 Å². The van der Waals surface area contributed by atoms with E-state index >= 15 is 0 Å². The summed E-state index contributed by atoms with van der Waals surface area (Å²) in [5.41, 5.74) is 3.62. The minimum atomic E-state index is -0.0407. The summed E-state index contributed by atoms with van der Waals surface area (Å²) in [7, 11) is 0. The normalized spacial score (nSPS) is 17.2. The molecule has 0 atom stereocenters. The summed E-state index contributed by atoms with van der Waals surface area (Å²) in [6.07, 6.45) is 0. The van der Waals surface area contributed by atoms with Crippen molar-refractivity contribution < 1.29 is 9.59 Å². The molecule has 0 N–H and O–H groups in total. The molecule has 2 heterocycles. The highest BCUT2D eigenvalue weighted by atomic mass is 16.2. The molecular weight excluding hydrogens is 448 g/mol. The second-order valence-corrected chi connectivity index (χ2v) is 9.65. The number of carbonyl (C=O) groups is 2. The molecule has 186 valence electrons. The smallest absolute Gasteiger partial charge is 0.254 e. The van der Waals surface area contributed by atoms with Gasteiger partial charge in [0.1, 0.15) is 0 Å². The van der Waals surface area contributed by atoms with Crippen molar-refractivity contribution in [3.8, 4) is 0 Å². The first-order chi connectivity index (χ1) is 17.7. The Kier molecular flexibility index (Phi) is 7.74. The number of nitrogens with zero attached hydrogens (tertiary/aromatic N) is 4. The Bertz CT molecular complexity index is 1060. The van der Waals surface area contributed by atoms with Gasteiger partial charge in [-0.1, -0.05) is 72.8 Å². The lowest BCUT2D eigenvalue weighted by Crippen LogP contribution is -2.50. The van der Waals surface area contributed by atoms with Crippen LogP contribution in [0.25, 0.3) is 0 Å². The first-order valence-corrected chi connectivity index (χ1v) is 12.9. The van der Waals surface area contributed by atoms with Gasteiger partial charge in [0.15, 0.2) is 0 Å². The molecule has 6 heteroatoms. The Hall–Kier alpha value is -3.48. The van der Waals surface area contributed by atoms with Gasteiger partial charge in [-0.25, -0.2) is 0 Å². The molecule has 2 fully saturated rings. The van der Waals surface area contributed by atoms with Crippen LogP contribution in [0.2, 0.25) is 0 Å². The summed E-state index contributed by atoms with van der Waals surface area (Å²) in [6, 6.07) is 28.2. The summed E-state index contributed by atoms with van der Waals surface area (Å²) in [5, 5.41) is 0. The van der Waals surface area contributed by atoms with Crippen LogP contribution in [0.3, 0.4) is 0 Å². The number of carbonyl (C=O) groups excluding carboxylic acids is 2. The molecule has 2 aliphatic rings. The first-order valence-electron chi connectivity index (χ1n) is 12.9. The van der Waals surface area contributed by atoms with Crippen LogP contribution in [0.15, 0.2) is 84.9 Å². The Morgan fingerprint density at radius 2 is 0.806 bits per heavy atom. The van der Waals surface area contributed by atoms with Crippen molar-refractivity contribution in [2.45, 2.75) is 13.1 Å². The van der Waals surface area contributed by atoms with Gasteiger partial charge in [0.25, 0.3) is 11.8 Å². The van der Waals surface area contributed by atoms with Crippen molar-refractivity contribution in [1.82, 2.24) is 19.6 Å². The number of piperazine rings is 2. The molecule has 3 aromatic carbocycles. The zero-order valence-electron chi connectivity index (χ0n) is 20.8. The maximum absolute atomic E-state index is 13.5. The van der Waals surface area contributed by atoms with E-state index in [1.165, 1.54) is 11.1 Å². The van der Waals surface area contributed by atoms with Crippen LogP contribution in [0.4, 0.5) is 0 Å². The van der Waals surface area contributed by atoms with E-state index in [2.05, 4.69) is 58.3 Å². The number of hydrogen-bond acceptors (Lipinski definition) is 4. The second kappa shape index (κ2) is 11.5. The highest BCUT2D eigenvalue weighted by molar-refractivity contribution is 6.07. The molecule has 0 aliphatic carbocycles. The van der Waals surface area contributed by atoms with Gasteiger partial charge in [0, 0.05) is 65.4 Å². The van der Waals surface area contributed by atoms with Crippen molar-refractivity contribution in [1.29, 1.82) is 0 Å². The third-order valence-electron chi connectivity index (χ3n) is 7.20. The molecule has 36 heavy (non-hydrogen) atoms. The van der Waals surface area contributed by atoms with Gasteiger partial charge < -0.3 is 9.80 Å². The molecule has 6 nitrogen and oxygen atoms in total. The van der Waals surface area contributed by atoms with E-state index in [4.69, 9.17) is 0 Å². The van der Waals surface area contributed by atoms with Crippen LogP contribution < -0.4 is 0 Å². The van der Waals surface area contributed by atoms with Gasteiger partial charge in [-0.15, -0.1) is 0 Å². The van der Waals surface area contributed by atoms with Crippen LogP contribution in [0, 0.1) is 0 Å². The Morgan fingerprint density at radius 1 is 0.472 bits per heavy atom. The lowest BCUT2D eigenvalue weighted by atomic mass is 10.0. The van der Waals surface area contributed by atoms with E-state index in [0.717, 1.165) is 39.3 Å². The quantitative estimate of drug-likeness (QED) is 0.539. The van der Waals surface area contributed by atoms with E-state index in [-0.39, 0.29) is 11.8 Å². The van der Waals surface area contributed by atoms with Crippen LogP contribution in [-0.4, -0.2) is 83.8 Å². The molecule has 3 aromatic rings. The molecule has 2 aliphatic heterocycles. The number of benzene rings is 3. The zero-order valence-corrected chi connectivity index (χ0v) is 20.8. The van der Waals surface area contributed by atoms with Crippen LogP contribution in [0.5, 0.6) is 0 Å². The minimum absolute atomic E-state index is 0.0407. The summed E-state index contributed by atoms with van der Waals surface area (Å²) in [5.74, 6) is -0.0814. The number of hydrogen-bond donors (Lipinski definition) is 0. The van der Waals surface area contributed by atoms with E-state index in [1.54, 1.807) is 12.1 Å². The van der Waals surface area contributed by atoms with Gasteiger partial charge in [-0.3, -0.25) is 19.4 Å². The highest BCUT2D eigenvalue weighted by Crippen LogP contribution is 2.18. The summed E-state index contributed by atoms with van der Waals surface area (Å²) >= 11 is 0. The maximum atomic E-state index is 13.5. The molecule has 2 saturated heterocycles. The number of rotatable bonds is 6. The molecule has 0 bridgehead atoms. The lowest BCUT2D eigenvalue weighted by Gasteiger charge is -2.36. The van der Waals surface area contributed by atoms with Crippen LogP contribution >= 0.6 is 0 Å². The fraction of sp³-hybridized carbons (Fsp3) is 0.333. The molecule has 2 amide bonds. The summed E-state index contributed by atoms with van der Waals surface area (Å²) < 4.78 is 0. The van der Waals surface area contributed by atoms with Crippen molar-refractivity contribution >= 4 is 11.8 Å². The van der Waals surface area contributed by atoms with Gasteiger partial charge in [0.2, 0.25) is 0 Å². The fourth-order valence-electron chi connectivity index (χ4n) is 5.10. The van der Waals surface area contributed by atoms with Crippen molar-refractivity contribution in [2.24, 2.45) is 0 Å². The first kappa shape index (κ1) is 24.2. The maximum Gasteiger partial charge on any atom is 0.254 e. The predicted octanol–water partition coefficient (Wildman–Crippen LogP) is 3.60. The average molecular weight is 483 g/mol. The SMILES string of the molecule is O=C(c1ccccc1C(=O)N1CCN(Cc2ccccc2)CC1)N1CCN(Cc2ccccc2)CC1. The molecular formula is C30H34N4O2. The van der Waals surface area contributed by atoms with Crippen LogP contribution in [0.1, 0.15) is 31.8 Å². The summed E-state index contributed by atoms with van der Waals surface area (Å²) in [6.45, 7) is 7.82. The minimum Gasteiger partial charge on any atom is -0.336 e. The standard InChI is InChI=1S/C30H34N4O2/c35-29(33-19-15-31(16-20-33)23-25-9-3-1-4-10-25)27-13-7-8-14-28(27)30(36)34-21-17-32(18-22-34)24-26-11-5-2-6-12-26/h1-14H,15-24H2. The van der Waals surface area contributed by atoms with Gasteiger partial charge in [-0.05, 0) is 23.3 Å². The highest BCUT2D eigenvalue weighted by Gasteiger charge is 2.28. The lowest BCUT2D eigenvalue weighted by molar-refractivity contribution is 0.0590. The van der Waals surface area contributed by atoms with Crippen LogP contribution in [-0.2, 0) is 13.1 Å². The molecule has 0 aromatic heterocycles. The average Bonchev–Trinajstić information content (AvgIpc) is 2.94. The third-order valence-corrected chi connectivity index (χ3v) is 7.20. The van der Waals surface area contributed by atoms with Crippen molar-refractivity contribution in [2.75, 3.05) is 52.4 Å². The Morgan fingerprint density at radius 3 is 1.17 bits per heavy atom. The van der Waals surface area contributed by atoms with Crippen molar-refractivity contribution in [3.05, 3.63) is 107 Å². The molecule has 0 unspecified atom stereocenters. The largest absolute Gasteiger partial charge is 0.336 e. The molecule has 5 rings (SSSR count). The predicted molar refractivity (Wildman–Crippen MR) is 142 cm³/mol. The van der Waals surface area contributed by atoms with Gasteiger partial charge >= 0.3 is 0 Å². The molecule has 0 saturated carbocycles. The van der Waals surface area contributed by atoms with Gasteiger partial charge in [0.05, 0.1) is 11.1 Å². The third kappa shape index (κ3) is 5.83. The fourth-order valence-corrected chi connectivity index (χ4v) is 5.10. The number of amides is 2. The molecule has 0 radical (unpaired) electrons. The second-order valence-electron chi connectivity index (χ2n) is 9.65. The topological polar surface area (TPSA) is 47.1 Å². The van der Waals surface area contributed by atoms with E-state index in [0.29, 0.717) is 37.3 Å². The van der Waals surface area contributed by atoms with Crippen molar-refractivity contribution in [3.63, 3.8) is 0 Å². The van der Waals surface area contributed by atoms with E-state index in [9.17, 15) is 9.59 Å². The molecule has 0 spiro atoms. The Labute approximate surface area is 213 Å². The van der Waals surface area contributed by atoms with E-state index < -0.39 is 0 Å².